The second-order valence-electron chi connectivity index (χ2n) is 6.90. The van der Waals surface area contributed by atoms with Crippen LogP contribution in [0.5, 0.6) is 5.75 Å². The molecule has 31 heavy (non-hydrogen) atoms. The van der Waals surface area contributed by atoms with E-state index in [1.807, 2.05) is 55.7 Å². The van der Waals surface area contributed by atoms with Gasteiger partial charge in [-0.3, -0.25) is 9.32 Å². The monoisotopic (exact) mass is 419 g/mol. The lowest BCUT2D eigenvalue weighted by molar-refractivity contribution is 0.0969. The molecule has 4 rings (SSSR count). The number of ether oxygens (including phenoxy) is 1. The second-order valence-corrected chi connectivity index (χ2v) is 6.90. The summed E-state index contributed by atoms with van der Waals surface area (Å²) in [7, 11) is 0. The Balaban J connectivity index is 1.65. The fourth-order valence-corrected chi connectivity index (χ4v) is 3.51. The molecule has 0 spiro atoms. The number of carbonyl (C=O) groups excluding carboxylic acids is 1. The van der Waals surface area contributed by atoms with E-state index in [4.69, 9.17) is 9.26 Å². The average Bonchev–Trinajstić information content (AvgIpc) is 3.28. The summed E-state index contributed by atoms with van der Waals surface area (Å²) in [6, 6.07) is 11.1. The van der Waals surface area contributed by atoms with Crippen molar-refractivity contribution in [3.8, 4) is 23.1 Å². The lowest BCUT2D eigenvalue weighted by Gasteiger charge is -2.11. The fourth-order valence-electron chi connectivity index (χ4n) is 3.51. The highest BCUT2D eigenvalue weighted by Gasteiger charge is 2.22. The number of ketones is 1. The summed E-state index contributed by atoms with van der Waals surface area (Å²) in [5.41, 5.74) is 3.10. The smallest absolute Gasteiger partial charge is 0.442 e. The molecule has 0 unspecified atom stereocenters. The van der Waals surface area contributed by atoms with Gasteiger partial charge in [0.2, 0.25) is 5.82 Å². The van der Waals surface area contributed by atoms with Gasteiger partial charge < -0.3 is 9.30 Å². The van der Waals surface area contributed by atoms with E-state index in [0.717, 1.165) is 27.4 Å². The van der Waals surface area contributed by atoms with E-state index in [1.165, 1.54) is 12.4 Å². The van der Waals surface area contributed by atoms with Crippen LogP contribution >= 0.6 is 0 Å². The van der Waals surface area contributed by atoms with Crippen LogP contribution in [0.15, 0.2) is 58.1 Å². The van der Waals surface area contributed by atoms with Gasteiger partial charge in [-0.1, -0.05) is 5.16 Å². The Morgan fingerprint density at radius 2 is 1.84 bits per heavy atom. The molecule has 0 saturated heterocycles. The lowest BCUT2D eigenvalue weighted by atomic mass is 10.1. The molecule has 0 radical (unpaired) electrons. The van der Waals surface area contributed by atoms with Crippen molar-refractivity contribution in [3.05, 3.63) is 76.3 Å². The van der Waals surface area contributed by atoms with E-state index in [-0.39, 0.29) is 24.0 Å². The SMILES string of the molecule is CCOc1ccc(-n2c(C)cc(C(=O)Cn3c(-c4ncccn4)noc3=O)c2C)cc1. The fraction of sp³-hybridized carbons (Fsp3) is 0.227. The zero-order valence-corrected chi connectivity index (χ0v) is 17.4. The third-order valence-corrected chi connectivity index (χ3v) is 4.89. The number of aromatic nitrogens is 5. The van der Waals surface area contributed by atoms with E-state index in [9.17, 15) is 9.59 Å². The molecule has 1 aromatic carbocycles. The molecule has 4 aromatic rings. The molecule has 0 atom stereocenters. The predicted octanol–water partition coefficient (Wildman–Crippen LogP) is 2.98. The van der Waals surface area contributed by atoms with Gasteiger partial charge in [0.05, 0.1) is 13.2 Å². The van der Waals surface area contributed by atoms with Gasteiger partial charge in [0.15, 0.2) is 11.6 Å². The highest BCUT2D eigenvalue weighted by molar-refractivity contribution is 5.97. The van der Waals surface area contributed by atoms with Crippen LogP contribution < -0.4 is 10.5 Å². The number of benzene rings is 1. The molecule has 0 aliphatic carbocycles. The van der Waals surface area contributed by atoms with Crippen LogP contribution in [0, 0.1) is 13.8 Å². The molecule has 158 valence electrons. The number of Topliss-reactive ketones (excluding diaryl/α,β-unsaturated/α-hetero) is 1. The van der Waals surface area contributed by atoms with Crippen LogP contribution in [0.2, 0.25) is 0 Å². The van der Waals surface area contributed by atoms with Gasteiger partial charge in [-0.15, -0.1) is 0 Å². The predicted molar refractivity (Wildman–Crippen MR) is 113 cm³/mol. The van der Waals surface area contributed by atoms with Crippen LogP contribution in [0.4, 0.5) is 0 Å². The van der Waals surface area contributed by atoms with E-state index >= 15 is 0 Å². The van der Waals surface area contributed by atoms with Crippen LogP contribution in [0.25, 0.3) is 17.3 Å². The number of rotatable bonds is 7. The van der Waals surface area contributed by atoms with E-state index in [2.05, 4.69) is 15.1 Å². The maximum atomic E-state index is 13.1. The Morgan fingerprint density at radius 1 is 1.13 bits per heavy atom. The van der Waals surface area contributed by atoms with Crippen LogP contribution in [-0.4, -0.2) is 36.6 Å². The minimum Gasteiger partial charge on any atom is -0.494 e. The molecule has 0 bridgehead atoms. The van der Waals surface area contributed by atoms with Gasteiger partial charge in [0.1, 0.15) is 5.75 Å². The number of aryl methyl sites for hydroxylation is 1. The van der Waals surface area contributed by atoms with Crippen LogP contribution in [0.3, 0.4) is 0 Å². The first kappa shape index (κ1) is 20.3. The molecule has 0 amide bonds. The third kappa shape index (κ3) is 3.89. The number of hydrogen-bond acceptors (Lipinski definition) is 7. The summed E-state index contributed by atoms with van der Waals surface area (Å²) in [5, 5.41) is 3.73. The second kappa shape index (κ2) is 8.39. The van der Waals surface area contributed by atoms with E-state index < -0.39 is 5.76 Å². The zero-order chi connectivity index (χ0) is 22.0. The third-order valence-electron chi connectivity index (χ3n) is 4.89. The molecular formula is C22H21N5O4. The molecule has 0 fully saturated rings. The first-order valence-electron chi connectivity index (χ1n) is 9.79. The number of nitrogens with zero attached hydrogens (tertiary/aromatic N) is 5. The zero-order valence-electron chi connectivity index (χ0n) is 17.4. The minimum atomic E-state index is -0.740. The molecule has 3 heterocycles. The molecule has 0 saturated carbocycles. The quantitative estimate of drug-likeness (QED) is 0.424. The molecule has 9 heteroatoms. The van der Waals surface area contributed by atoms with Crippen molar-refractivity contribution in [2.24, 2.45) is 0 Å². The maximum Gasteiger partial charge on any atom is 0.442 e. The Bertz CT molecular complexity index is 1270. The Hall–Kier alpha value is -4.01. The van der Waals surface area contributed by atoms with Crippen molar-refractivity contribution in [3.63, 3.8) is 0 Å². The van der Waals surface area contributed by atoms with Crippen molar-refractivity contribution in [1.29, 1.82) is 0 Å². The van der Waals surface area contributed by atoms with Gasteiger partial charge in [-0.2, -0.15) is 0 Å². The van der Waals surface area contributed by atoms with Gasteiger partial charge in [0, 0.05) is 35.0 Å². The average molecular weight is 419 g/mol. The van der Waals surface area contributed by atoms with Gasteiger partial charge in [-0.25, -0.2) is 19.3 Å². The van der Waals surface area contributed by atoms with Crippen molar-refractivity contribution in [2.75, 3.05) is 6.61 Å². The van der Waals surface area contributed by atoms with Crippen molar-refractivity contribution >= 4 is 5.78 Å². The van der Waals surface area contributed by atoms with Crippen LogP contribution in [-0.2, 0) is 6.54 Å². The highest BCUT2D eigenvalue weighted by atomic mass is 16.5. The van der Waals surface area contributed by atoms with Crippen molar-refractivity contribution in [2.45, 2.75) is 27.3 Å². The Labute approximate surface area is 177 Å². The summed E-state index contributed by atoms with van der Waals surface area (Å²) in [6.07, 6.45) is 3.05. The summed E-state index contributed by atoms with van der Waals surface area (Å²) in [6.45, 7) is 6.09. The maximum absolute atomic E-state index is 13.1. The Kier molecular flexibility index (Phi) is 5.48. The first-order valence-corrected chi connectivity index (χ1v) is 9.79. The molecule has 0 N–H and O–H groups in total. The van der Waals surface area contributed by atoms with Crippen LogP contribution in [0.1, 0.15) is 28.7 Å². The van der Waals surface area contributed by atoms with E-state index in [1.54, 1.807) is 6.07 Å². The standard InChI is InChI=1S/C22H21N5O4/c1-4-30-17-8-6-16(7-9-17)27-14(2)12-18(15(27)3)19(28)13-26-21(25-31-22(26)29)20-23-10-5-11-24-20/h5-12H,4,13H2,1-3H3. The normalized spacial score (nSPS) is 10.9. The highest BCUT2D eigenvalue weighted by Crippen LogP contribution is 2.24. The van der Waals surface area contributed by atoms with Crippen molar-refractivity contribution < 1.29 is 14.1 Å². The minimum absolute atomic E-state index is 0.110. The van der Waals surface area contributed by atoms with Gasteiger partial charge in [-0.05, 0) is 57.2 Å². The lowest BCUT2D eigenvalue weighted by Crippen LogP contribution is -2.22. The summed E-state index contributed by atoms with van der Waals surface area (Å²) >= 11 is 0. The first-order chi connectivity index (χ1) is 15.0. The Morgan fingerprint density at radius 3 is 2.52 bits per heavy atom. The molecule has 3 aromatic heterocycles. The number of carbonyl (C=O) groups is 1. The largest absolute Gasteiger partial charge is 0.494 e. The number of hydrogen-bond donors (Lipinski definition) is 0. The van der Waals surface area contributed by atoms with E-state index in [0.29, 0.717) is 12.2 Å². The summed E-state index contributed by atoms with van der Waals surface area (Å²) in [5.74, 6) is 0.122. The van der Waals surface area contributed by atoms with Gasteiger partial charge >= 0.3 is 5.76 Å². The molecule has 0 aliphatic rings. The summed E-state index contributed by atoms with van der Waals surface area (Å²) < 4.78 is 13.4. The topological polar surface area (TPSA) is 105 Å². The molecule has 0 aliphatic heterocycles. The van der Waals surface area contributed by atoms with Gasteiger partial charge in [0.25, 0.3) is 0 Å². The molecule has 9 nitrogen and oxygen atoms in total. The molecular weight excluding hydrogens is 398 g/mol. The summed E-state index contributed by atoms with van der Waals surface area (Å²) in [4.78, 5) is 33.4. The van der Waals surface area contributed by atoms with Crippen molar-refractivity contribution in [1.82, 2.24) is 24.3 Å².